The Morgan fingerprint density at radius 2 is 1.56 bits per heavy atom. The molecule has 228 valence electrons. The van der Waals surface area contributed by atoms with Crippen molar-refractivity contribution in [2.45, 2.75) is 45.6 Å². The highest BCUT2D eigenvalue weighted by atomic mass is 31.3. The largest absolute Gasteiger partial charge is 0.490 e. The molecule has 2 unspecified atom stereocenters. The number of phosphoric ester groups is 2. The Morgan fingerprint density at radius 1 is 1.00 bits per heavy atom. The molecule has 39 heavy (non-hydrogen) atoms. The third-order valence-corrected chi connectivity index (χ3v) is 9.12. The first-order chi connectivity index (χ1) is 17.7. The van der Waals surface area contributed by atoms with Crippen LogP contribution < -0.4 is 11.4 Å². The van der Waals surface area contributed by atoms with Crippen LogP contribution in [0.15, 0.2) is 17.1 Å². The summed E-state index contributed by atoms with van der Waals surface area (Å²) in [4.78, 5) is 71.4. The Morgan fingerprint density at radius 3 is 2.00 bits per heavy atom. The Bertz CT molecular complexity index is 1180. The number of ether oxygens (including phenoxy) is 1. The maximum absolute atomic E-state index is 11.9. The number of hydrogen-bond acceptors (Lipinski definition) is 13. The average Bonchev–Trinajstić information content (AvgIpc) is 3.12. The summed E-state index contributed by atoms with van der Waals surface area (Å²) >= 11 is 0. The molecule has 1 fully saturated rings. The van der Waals surface area contributed by atoms with Crippen molar-refractivity contribution >= 4 is 37.1 Å². The first kappa shape index (κ1) is 36.1. The zero-order chi connectivity index (χ0) is 30.2. The second kappa shape index (κ2) is 14.8. The number of nitrogen functional groups attached to an aromatic ring is 1. The number of nitrogens with two attached hydrogens (primary N) is 1. The van der Waals surface area contributed by atoms with E-state index in [1.807, 2.05) is 0 Å². The summed E-state index contributed by atoms with van der Waals surface area (Å²) in [7, 11) is -22.1. The van der Waals surface area contributed by atoms with E-state index in [0.29, 0.717) is 0 Å². The van der Waals surface area contributed by atoms with Crippen LogP contribution in [-0.2, 0) is 40.7 Å². The van der Waals surface area contributed by atoms with Gasteiger partial charge in [0.1, 0.15) is 24.3 Å². The maximum atomic E-state index is 11.9. The Labute approximate surface area is 222 Å². The van der Waals surface area contributed by atoms with Gasteiger partial charge in [0.05, 0.1) is 6.61 Å². The van der Waals surface area contributed by atoms with E-state index in [0.717, 1.165) is 10.8 Å². The number of hydrogen-bond donors (Lipinski definition) is 7. The molecule has 24 heteroatoms. The first-order valence-corrected chi connectivity index (χ1v) is 17.0. The normalized spacial score (nSPS) is 23.1. The molecule has 8 N–H and O–H groups in total. The third-order valence-electron chi connectivity index (χ3n) is 4.77. The fourth-order valence-corrected chi connectivity index (χ4v) is 6.70. The monoisotopic (exact) mass is 648 g/mol. The van der Waals surface area contributed by atoms with Gasteiger partial charge in [-0.3, -0.25) is 13.6 Å². The highest BCUT2D eigenvalue weighted by Crippen LogP contribution is 2.66. The lowest BCUT2D eigenvalue weighted by Gasteiger charge is -2.21. The van der Waals surface area contributed by atoms with Crippen molar-refractivity contribution in [1.82, 2.24) is 14.5 Å². The fourth-order valence-electron chi connectivity index (χ4n) is 3.10. The van der Waals surface area contributed by atoms with E-state index in [1.165, 1.54) is 25.7 Å². The summed E-state index contributed by atoms with van der Waals surface area (Å²) in [5.41, 5.74) is 4.46. The van der Waals surface area contributed by atoms with E-state index in [2.05, 4.69) is 48.3 Å². The van der Waals surface area contributed by atoms with Gasteiger partial charge in [-0.1, -0.05) is 20.8 Å². The van der Waals surface area contributed by atoms with Gasteiger partial charge in [-0.05, 0) is 25.7 Å². The van der Waals surface area contributed by atoms with Gasteiger partial charge in [-0.15, -0.1) is 0 Å². The van der Waals surface area contributed by atoms with Crippen molar-refractivity contribution in [3.63, 3.8) is 0 Å². The Balaban J connectivity index is 0.000000956. The summed E-state index contributed by atoms with van der Waals surface area (Å²) in [5, 5.41) is 0. The Hall–Kier alpha value is -0.880. The summed E-state index contributed by atoms with van der Waals surface area (Å²) < 4.78 is 67.2. The third kappa shape index (κ3) is 14.0. The van der Waals surface area contributed by atoms with E-state index in [4.69, 9.17) is 34.9 Å². The van der Waals surface area contributed by atoms with Crippen molar-refractivity contribution in [2.24, 2.45) is 0 Å². The molecule has 5 atom stereocenters. The molecule has 0 amide bonds. The molecular formula is C15H32N4O16P4. The molecule has 0 aliphatic carbocycles. The molecule has 1 aromatic rings. The van der Waals surface area contributed by atoms with E-state index >= 15 is 0 Å². The van der Waals surface area contributed by atoms with Crippen LogP contribution in [0.1, 0.15) is 33.4 Å². The van der Waals surface area contributed by atoms with Gasteiger partial charge in [0, 0.05) is 12.6 Å². The molecular weight excluding hydrogens is 616 g/mol. The second-order valence-corrected chi connectivity index (χ2v) is 13.2. The number of phosphoric acid groups is 4. The van der Waals surface area contributed by atoms with Crippen LogP contribution in [0.25, 0.3) is 0 Å². The predicted molar refractivity (Wildman–Crippen MR) is 132 cm³/mol. The SMILES string of the molecule is CCN(CC)CC.Nc1ccn([C@H]2C[C@H](OP(=O)(O)O)[C@@H](COP(=O)(O)OP(=O)(O)OP(=O)(O)O)O2)c(=O)n1. The lowest BCUT2D eigenvalue weighted by molar-refractivity contribution is -0.0442. The van der Waals surface area contributed by atoms with Gasteiger partial charge >= 0.3 is 37.0 Å². The van der Waals surface area contributed by atoms with Crippen LogP contribution in [0.3, 0.4) is 0 Å². The van der Waals surface area contributed by atoms with Crippen LogP contribution >= 0.6 is 31.3 Å². The molecule has 1 aliphatic heterocycles. The fraction of sp³-hybridized carbons (Fsp3) is 0.733. The summed E-state index contributed by atoms with van der Waals surface area (Å²) in [6.07, 6.45) is -3.57. The minimum absolute atomic E-state index is 0.128. The number of rotatable bonds is 13. The van der Waals surface area contributed by atoms with Gasteiger partial charge in [0.15, 0.2) is 0 Å². The number of nitrogens with zero attached hydrogens (tertiary/aromatic N) is 3. The van der Waals surface area contributed by atoms with Crippen LogP contribution in [0.4, 0.5) is 5.82 Å². The molecule has 2 rings (SSSR count). The molecule has 0 aromatic carbocycles. The van der Waals surface area contributed by atoms with Crippen LogP contribution in [0, 0.1) is 0 Å². The van der Waals surface area contributed by atoms with Crippen LogP contribution in [-0.4, -0.2) is 82.3 Å². The minimum atomic E-state index is -5.78. The van der Waals surface area contributed by atoms with Crippen LogP contribution in [0.2, 0.25) is 0 Å². The topological polar surface area (TPSA) is 300 Å². The van der Waals surface area contributed by atoms with E-state index < -0.39 is 62.0 Å². The highest BCUT2D eigenvalue weighted by molar-refractivity contribution is 7.66. The van der Waals surface area contributed by atoms with Crippen molar-refractivity contribution in [1.29, 1.82) is 0 Å². The zero-order valence-corrected chi connectivity index (χ0v) is 24.5. The van der Waals surface area contributed by atoms with E-state index in [9.17, 15) is 27.9 Å². The molecule has 0 radical (unpaired) electrons. The van der Waals surface area contributed by atoms with Gasteiger partial charge in [-0.25, -0.2) is 23.1 Å². The molecule has 1 aliphatic rings. The maximum Gasteiger partial charge on any atom is 0.490 e. The highest BCUT2D eigenvalue weighted by Gasteiger charge is 2.45. The molecule has 1 saturated heterocycles. The van der Waals surface area contributed by atoms with Crippen LogP contribution in [0.5, 0.6) is 0 Å². The van der Waals surface area contributed by atoms with Gasteiger partial charge in [0.2, 0.25) is 0 Å². The second-order valence-electron chi connectivity index (χ2n) is 7.55. The zero-order valence-electron chi connectivity index (χ0n) is 20.9. The summed E-state index contributed by atoms with van der Waals surface area (Å²) in [6, 6.07) is 1.21. The first-order valence-electron chi connectivity index (χ1n) is 11.0. The van der Waals surface area contributed by atoms with Crippen molar-refractivity contribution in [2.75, 3.05) is 32.0 Å². The number of anilines is 1. The van der Waals surface area contributed by atoms with Crippen molar-refractivity contribution in [3.8, 4) is 0 Å². The molecule has 0 spiro atoms. The lowest BCUT2D eigenvalue weighted by Crippen LogP contribution is -2.29. The molecule has 2 heterocycles. The van der Waals surface area contributed by atoms with Gasteiger partial charge in [0.25, 0.3) is 0 Å². The average molecular weight is 648 g/mol. The van der Waals surface area contributed by atoms with Gasteiger partial charge < -0.3 is 44.7 Å². The summed E-state index contributed by atoms with van der Waals surface area (Å²) in [5.74, 6) is -0.128. The van der Waals surface area contributed by atoms with E-state index in [1.54, 1.807) is 0 Å². The lowest BCUT2D eigenvalue weighted by atomic mass is 10.2. The quantitative estimate of drug-likeness (QED) is 0.141. The number of aromatic nitrogens is 2. The smallest absolute Gasteiger partial charge is 0.383 e. The van der Waals surface area contributed by atoms with E-state index in [-0.39, 0.29) is 12.2 Å². The molecule has 20 nitrogen and oxygen atoms in total. The molecule has 1 aromatic heterocycles. The van der Waals surface area contributed by atoms with Crippen molar-refractivity contribution < 1.29 is 70.0 Å². The summed E-state index contributed by atoms with van der Waals surface area (Å²) in [6.45, 7) is 9.06. The van der Waals surface area contributed by atoms with Gasteiger partial charge in [-0.2, -0.15) is 13.6 Å². The predicted octanol–water partition coefficient (Wildman–Crippen LogP) is 0.282. The molecule has 0 bridgehead atoms. The molecule has 0 saturated carbocycles. The standard InChI is InChI=1S/C9H17N3O16P4.C6H15N/c10-7-1-2-12(9(13)11-7)8-3-5(26-29(14,15)16)6(25-8)4-24-31(20,21)28-32(22,23)27-30(17,18)19;1-4-7(5-2)6-3/h1-2,5-6,8H,3-4H2,(H,20,21)(H,22,23)(H2,10,11,13)(H2,14,15,16)(H2,17,18,19);4-6H2,1-3H3/t5-,6+,8+;/m0./s1. The van der Waals surface area contributed by atoms with Crippen molar-refractivity contribution in [3.05, 3.63) is 22.7 Å². The minimum Gasteiger partial charge on any atom is -0.383 e. The Kier molecular flexibility index (Phi) is 13.8.